The minimum absolute atomic E-state index is 0.0646. The number of amides is 1. The number of hydrogen-bond donors (Lipinski definition) is 1. The van der Waals surface area contributed by atoms with E-state index in [4.69, 9.17) is 9.47 Å². The third kappa shape index (κ3) is 5.31. The van der Waals surface area contributed by atoms with E-state index in [1.165, 1.54) is 4.90 Å². The number of aliphatic hydroxyl groups excluding tert-OH is 1. The van der Waals surface area contributed by atoms with Crippen LogP contribution in [0.15, 0.2) is 60.7 Å². The summed E-state index contributed by atoms with van der Waals surface area (Å²) in [4.78, 5) is 29.7. The first-order valence-corrected chi connectivity index (χ1v) is 11.3. The fraction of sp³-hybridized carbons (Fsp3) is 0.333. The van der Waals surface area contributed by atoms with Crippen molar-refractivity contribution in [3.63, 3.8) is 0 Å². The number of benzene rings is 2. The van der Waals surface area contributed by atoms with Gasteiger partial charge in [0.1, 0.15) is 12.4 Å². The van der Waals surface area contributed by atoms with Crippen LogP contribution in [0.3, 0.4) is 0 Å². The van der Waals surface area contributed by atoms with Crippen molar-refractivity contribution in [1.82, 2.24) is 9.80 Å². The highest BCUT2D eigenvalue weighted by molar-refractivity contribution is 6.46. The van der Waals surface area contributed by atoms with E-state index in [1.807, 2.05) is 45.0 Å². The van der Waals surface area contributed by atoms with Crippen molar-refractivity contribution in [3.05, 3.63) is 77.4 Å². The third-order valence-electron chi connectivity index (χ3n) is 5.59. The van der Waals surface area contributed by atoms with Crippen LogP contribution in [0.4, 0.5) is 0 Å². The van der Waals surface area contributed by atoms with Gasteiger partial charge in [-0.05, 0) is 45.6 Å². The lowest BCUT2D eigenvalue weighted by molar-refractivity contribution is -0.140. The van der Waals surface area contributed by atoms with Crippen LogP contribution in [0.2, 0.25) is 0 Å². The molecule has 1 N–H and O–H groups in total. The standard InChI is InChI=1S/C27H32N2O5/c1-6-16-34-21-13-12-20(17-22(21)33-7-2)24-23(25(30)19-10-8-18(3)9-11-19)26(31)27(32)29(24)15-14-28(4)5/h6,8-13,17,24,30H,1,7,14-16H2,2-5H3/b25-23+. The van der Waals surface area contributed by atoms with Crippen LogP contribution in [0.25, 0.3) is 5.76 Å². The smallest absolute Gasteiger partial charge is 0.295 e. The van der Waals surface area contributed by atoms with Crippen molar-refractivity contribution in [2.24, 2.45) is 0 Å². The van der Waals surface area contributed by atoms with E-state index >= 15 is 0 Å². The number of carbonyl (C=O) groups excluding carboxylic acids is 2. The highest BCUT2D eigenvalue weighted by atomic mass is 16.5. The highest BCUT2D eigenvalue weighted by Crippen LogP contribution is 2.42. The number of aliphatic hydroxyl groups is 1. The molecule has 3 rings (SSSR count). The number of ketones is 1. The Morgan fingerprint density at radius 3 is 2.44 bits per heavy atom. The van der Waals surface area contributed by atoms with Crippen molar-refractivity contribution in [1.29, 1.82) is 0 Å². The molecular formula is C27H32N2O5. The number of likely N-dealkylation sites (tertiary alicyclic amines) is 1. The summed E-state index contributed by atoms with van der Waals surface area (Å²) in [6.45, 7) is 9.09. The first-order chi connectivity index (χ1) is 16.3. The van der Waals surface area contributed by atoms with E-state index in [0.717, 1.165) is 5.56 Å². The molecule has 0 aromatic heterocycles. The zero-order valence-corrected chi connectivity index (χ0v) is 20.2. The van der Waals surface area contributed by atoms with Crippen molar-refractivity contribution >= 4 is 17.4 Å². The van der Waals surface area contributed by atoms with E-state index in [0.29, 0.717) is 48.9 Å². The van der Waals surface area contributed by atoms with Crippen molar-refractivity contribution in [2.75, 3.05) is 40.4 Å². The quantitative estimate of drug-likeness (QED) is 0.248. The van der Waals surface area contributed by atoms with Crippen molar-refractivity contribution < 1.29 is 24.2 Å². The largest absolute Gasteiger partial charge is 0.507 e. The molecule has 1 aliphatic rings. The Hall–Kier alpha value is -3.58. The van der Waals surface area contributed by atoms with Gasteiger partial charge < -0.3 is 24.4 Å². The molecule has 2 aromatic rings. The molecule has 1 heterocycles. The molecule has 1 atom stereocenters. The van der Waals surface area contributed by atoms with E-state index in [2.05, 4.69) is 6.58 Å². The molecule has 7 heteroatoms. The first kappa shape index (κ1) is 25.1. The lowest BCUT2D eigenvalue weighted by atomic mass is 9.94. The molecule has 0 saturated carbocycles. The second-order valence-electron chi connectivity index (χ2n) is 8.40. The van der Waals surface area contributed by atoms with Gasteiger partial charge in [-0.3, -0.25) is 9.59 Å². The summed E-state index contributed by atoms with van der Waals surface area (Å²) in [5, 5.41) is 11.2. The first-order valence-electron chi connectivity index (χ1n) is 11.3. The molecule has 7 nitrogen and oxygen atoms in total. The molecule has 34 heavy (non-hydrogen) atoms. The Labute approximate surface area is 200 Å². The lowest BCUT2D eigenvalue weighted by Crippen LogP contribution is -2.35. The Morgan fingerprint density at radius 2 is 1.82 bits per heavy atom. The molecule has 1 aliphatic heterocycles. The SMILES string of the molecule is C=CCOc1ccc(C2/C(=C(\O)c3ccc(C)cc3)C(=O)C(=O)N2CCN(C)C)cc1OCC. The third-order valence-corrected chi connectivity index (χ3v) is 5.59. The number of nitrogens with zero attached hydrogens (tertiary/aromatic N) is 2. The van der Waals surface area contributed by atoms with Crippen molar-refractivity contribution in [2.45, 2.75) is 19.9 Å². The van der Waals surface area contributed by atoms with E-state index in [1.54, 1.807) is 36.4 Å². The summed E-state index contributed by atoms with van der Waals surface area (Å²) >= 11 is 0. The predicted molar refractivity (Wildman–Crippen MR) is 132 cm³/mol. The van der Waals surface area contributed by atoms with Gasteiger partial charge in [0.05, 0.1) is 18.2 Å². The average molecular weight is 465 g/mol. The van der Waals surface area contributed by atoms with Crippen LogP contribution in [0.1, 0.15) is 29.7 Å². The molecule has 0 bridgehead atoms. The van der Waals surface area contributed by atoms with Crippen LogP contribution < -0.4 is 9.47 Å². The van der Waals surface area contributed by atoms with Gasteiger partial charge in [0, 0.05) is 18.7 Å². The molecule has 0 radical (unpaired) electrons. The molecule has 0 aliphatic carbocycles. The second-order valence-corrected chi connectivity index (χ2v) is 8.40. The number of aryl methyl sites for hydroxylation is 1. The van der Waals surface area contributed by atoms with E-state index in [-0.39, 0.29) is 11.3 Å². The summed E-state index contributed by atoms with van der Waals surface area (Å²) in [6.07, 6.45) is 1.64. The molecular weight excluding hydrogens is 432 g/mol. The predicted octanol–water partition coefficient (Wildman–Crippen LogP) is 3.94. The van der Waals surface area contributed by atoms with Gasteiger partial charge in [0.2, 0.25) is 0 Å². The van der Waals surface area contributed by atoms with Gasteiger partial charge in [-0.15, -0.1) is 0 Å². The summed E-state index contributed by atoms with van der Waals surface area (Å²) in [7, 11) is 3.80. The normalized spacial score (nSPS) is 17.3. The Kier molecular flexibility index (Phi) is 8.12. The molecule has 2 aromatic carbocycles. The fourth-order valence-electron chi connectivity index (χ4n) is 3.86. The van der Waals surface area contributed by atoms with Gasteiger partial charge in [0.15, 0.2) is 11.5 Å². The molecule has 1 amide bonds. The van der Waals surface area contributed by atoms with Crippen LogP contribution in [0, 0.1) is 6.92 Å². The minimum atomic E-state index is -0.756. The summed E-state index contributed by atoms with van der Waals surface area (Å²) in [6, 6.07) is 11.7. The maximum atomic E-state index is 13.2. The van der Waals surface area contributed by atoms with Crippen molar-refractivity contribution in [3.8, 4) is 11.5 Å². The minimum Gasteiger partial charge on any atom is -0.507 e. The van der Waals surface area contributed by atoms with Gasteiger partial charge in [0.25, 0.3) is 11.7 Å². The molecule has 1 unspecified atom stereocenters. The molecule has 0 spiro atoms. The average Bonchev–Trinajstić information content (AvgIpc) is 3.07. The zero-order chi connectivity index (χ0) is 24.8. The summed E-state index contributed by atoms with van der Waals surface area (Å²) in [5.41, 5.74) is 2.23. The highest BCUT2D eigenvalue weighted by Gasteiger charge is 2.46. The van der Waals surface area contributed by atoms with Gasteiger partial charge >= 0.3 is 0 Å². The van der Waals surface area contributed by atoms with Gasteiger partial charge in [-0.25, -0.2) is 0 Å². The monoisotopic (exact) mass is 464 g/mol. The topological polar surface area (TPSA) is 79.3 Å². The van der Waals surface area contributed by atoms with Crippen LogP contribution in [0.5, 0.6) is 11.5 Å². The number of likely N-dealkylation sites (N-methyl/N-ethyl adjacent to an activating group) is 1. The number of rotatable bonds is 10. The molecule has 1 saturated heterocycles. The van der Waals surface area contributed by atoms with E-state index < -0.39 is 17.7 Å². The Morgan fingerprint density at radius 1 is 1.12 bits per heavy atom. The molecule has 1 fully saturated rings. The van der Waals surface area contributed by atoms with Crippen LogP contribution in [-0.4, -0.2) is 67.0 Å². The second kappa shape index (κ2) is 11.0. The Bertz CT molecular complexity index is 1090. The van der Waals surface area contributed by atoms with Gasteiger partial charge in [-0.1, -0.05) is 48.6 Å². The van der Waals surface area contributed by atoms with Gasteiger partial charge in [-0.2, -0.15) is 0 Å². The summed E-state index contributed by atoms with van der Waals surface area (Å²) in [5.74, 6) is -0.498. The maximum absolute atomic E-state index is 13.2. The summed E-state index contributed by atoms with van der Waals surface area (Å²) < 4.78 is 11.5. The Balaban J connectivity index is 2.15. The van der Waals surface area contributed by atoms with Crippen LogP contribution >= 0.6 is 0 Å². The number of hydrogen-bond acceptors (Lipinski definition) is 6. The fourth-order valence-corrected chi connectivity index (χ4v) is 3.86. The lowest BCUT2D eigenvalue weighted by Gasteiger charge is -2.27. The van der Waals surface area contributed by atoms with Crippen LogP contribution in [-0.2, 0) is 9.59 Å². The number of Topliss-reactive ketones (excluding diaryl/α,β-unsaturated/α-hetero) is 1. The van der Waals surface area contributed by atoms with E-state index in [9.17, 15) is 14.7 Å². The number of ether oxygens (including phenoxy) is 2. The number of carbonyl (C=O) groups is 2. The zero-order valence-electron chi connectivity index (χ0n) is 20.2. The molecule has 180 valence electrons. The maximum Gasteiger partial charge on any atom is 0.295 e.